The molecule has 1 atom stereocenters. The third-order valence-electron chi connectivity index (χ3n) is 2.77. The van der Waals surface area contributed by atoms with E-state index in [1.165, 1.54) is 0 Å². The smallest absolute Gasteiger partial charge is 0.331 e. The summed E-state index contributed by atoms with van der Waals surface area (Å²) in [7, 11) is 0. The summed E-state index contributed by atoms with van der Waals surface area (Å²) in [5, 5.41) is 3.25. The molecule has 0 aromatic heterocycles. The zero-order valence-corrected chi connectivity index (χ0v) is 11.1. The molecule has 1 rings (SSSR count). The van der Waals surface area contributed by atoms with E-state index in [0.29, 0.717) is 13.0 Å². The molecule has 0 aliphatic heterocycles. The summed E-state index contributed by atoms with van der Waals surface area (Å²) in [6.45, 7) is 7.76. The number of benzene rings is 1. The van der Waals surface area contributed by atoms with Gasteiger partial charge >= 0.3 is 5.97 Å². The number of carbonyl (C=O) groups is 1. The van der Waals surface area contributed by atoms with Gasteiger partial charge in [-0.15, -0.1) is 6.58 Å². The van der Waals surface area contributed by atoms with E-state index in [4.69, 9.17) is 4.74 Å². The van der Waals surface area contributed by atoms with Crippen LogP contribution in [0.2, 0.25) is 0 Å². The van der Waals surface area contributed by atoms with Gasteiger partial charge in [0.25, 0.3) is 0 Å². The predicted molar refractivity (Wildman–Crippen MR) is 74.5 cm³/mol. The molecule has 3 nitrogen and oxygen atoms in total. The maximum atomic E-state index is 12.1. The molecule has 0 aliphatic carbocycles. The summed E-state index contributed by atoms with van der Waals surface area (Å²) >= 11 is 0. The Morgan fingerprint density at radius 2 is 2.11 bits per heavy atom. The number of rotatable bonds is 7. The molecule has 1 aromatic rings. The van der Waals surface area contributed by atoms with Crippen molar-refractivity contribution in [1.82, 2.24) is 0 Å². The second-order valence-corrected chi connectivity index (χ2v) is 4.37. The van der Waals surface area contributed by atoms with Crippen LogP contribution in [-0.4, -0.2) is 18.1 Å². The molecule has 1 unspecified atom stereocenters. The lowest BCUT2D eigenvalue weighted by Gasteiger charge is -2.29. The van der Waals surface area contributed by atoms with Gasteiger partial charge in [-0.25, -0.2) is 4.79 Å². The first kappa shape index (κ1) is 14.3. The van der Waals surface area contributed by atoms with Gasteiger partial charge in [0, 0.05) is 5.69 Å². The van der Waals surface area contributed by atoms with Gasteiger partial charge in [0.15, 0.2) is 0 Å². The number of esters is 1. The SMILES string of the molecule is C=CCCC(C)(Nc1ccccc1)C(=O)OCC. The van der Waals surface area contributed by atoms with Gasteiger partial charge < -0.3 is 10.1 Å². The van der Waals surface area contributed by atoms with Gasteiger partial charge in [-0.05, 0) is 38.8 Å². The first-order valence-corrected chi connectivity index (χ1v) is 6.23. The fourth-order valence-electron chi connectivity index (χ4n) is 1.74. The third-order valence-corrected chi connectivity index (χ3v) is 2.77. The number of nitrogens with one attached hydrogen (secondary N) is 1. The first-order chi connectivity index (χ1) is 8.62. The van der Waals surface area contributed by atoms with E-state index in [9.17, 15) is 4.79 Å². The number of carbonyl (C=O) groups excluding carboxylic acids is 1. The van der Waals surface area contributed by atoms with Gasteiger partial charge in [-0.3, -0.25) is 0 Å². The lowest BCUT2D eigenvalue weighted by Crippen LogP contribution is -2.44. The van der Waals surface area contributed by atoms with Crippen LogP contribution in [0.3, 0.4) is 0 Å². The van der Waals surface area contributed by atoms with Gasteiger partial charge in [-0.1, -0.05) is 24.3 Å². The summed E-state index contributed by atoms with van der Waals surface area (Å²) in [4.78, 5) is 12.1. The van der Waals surface area contributed by atoms with E-state index < -0.39 is 5.54 Å². The van der Waals surface area contributed by atoms with Crippen LogP contribution in [0.15, 0.2) is 43.0 Å². The molecule has 0 saturated carbocycles. The molecular weight excluding hydrogens is 226 g/mol. The average Bonchev–Trinajstić information content (AvgIpc) is 2.38. The second kappa shape index (κ2) is 6.84. The summed E-state index contributed by atoms with van der Waals surface area (Å²) in [6, 6.07) is 9.68. The number of ether oxygens (including phenoxy) is 1. The molecule has 0 heterocycles. The van der Waals surface area contributed by atoms with Crippen LogP contribution in [0.1, 0.15) is 26.7 Å². The van der Waals surface area contributed by atoms with Crippen molar-refractivity contribution in [2.45, 2.75) is 32.2 Å². The Labute approximate surface area is 109 Å². The van der Waals surface area contributed by atoms with Crippen molar-refractivity contribution in [3.8, 4) is 0 Å². The number of para-hydroxylation sites is 1. The van der Waals surface area contributed by atoms with Crippen LogP contribution >= 0.6 is 0 Å². The summed E-state index contributed by atoms with van der Waals surface area (Å²) in [5.74, 6) is -0.226. The fraction of sp³-hybridized carbons (Fsp3) is 0.400. The van der Waals surface area contributed by atoms with E-state index in [1.807, 2.05) is 50.3 Å². The second-order valence-electron chi connectivity index (χ2n) is 4.37. The van der Waals surface area contributed by atoms with Gasteiger partial charge in [0.2, 0.25) is 0 Å². The zero-order valence-electron chi connectivity index (χ0n) is 11.1. The molecule has 18 heavy (non-hydrogen) atoms. The molecule has 0 spiro atoms. The van der Waals surface area contributed by atoms with Crippen molar-refractivity contribution in [3.05, 3.63) is 43.0 Å². The highest BCUT2D eigenvalue weighted by Gasteiger charge is 2.33. The van der Waals surface area contributed by atoms with Crippen molar-refractivity contribution < 1.29 is 9.53 Å². The lowest BCUT2D eigenvalue weighted by molar-refractivity contribution is -0.148. The Bertz CT molecular complexity index is 389. The fourth-order valence-corrected chi connectivity index (χ4v) is 1.74. The Morgan fingerprint density at radius 1 is 1.44 bits per heavy atom. The highest BCUT2D eigenvalue weighted by atomic mass is 16.5. The van der Waals surface area contributed by atoms with E-state index in [2.05, 4.69) is 11.9 Å². The third kappa shape index (κ3) is 3.91. The van der Waals surface area contributed by atoms with Crippen molar-refractivity contribution in [2.75, 3.05) is 11.9 Å². The number of allylic oxidation sites excluding steroid dienone is 1. The topological polar surface area (TPSA) is 38.3 Å². The van der Waals surface area contributed by atoms with Crippen LogP contribution < -0.4 is 5.32 Å². The highest BCUT2D eigenvalue weighted by molar-refractivity contribution is 5.84. The molecule has 0 bridgehead atoms. The Kier molecular flexibility index (Phi) is 5.43. The summed E-state index contributed by atoms with van der Waals surface area (Å²) in [6.07, 6.45) is 3.23. The highest BCUT2D eigenvalue weighted by Crippen LogP contribution is 2.22. The van der Waals surface area contributed by atoms with Crippen LogP contribution in [0.4, 0.5) is 5.69 Å². The molecule has 0 amide bonds. The van der Waals surface area contributed by atoms with Gasteiger partial charge in [0.05, 0.1) is 6.61 Å². The molecule has 0 saturated heterocycles. The van der Waals surface area contributed by atoms with Crippen LogP contribution in [0, 0.1) is 0 Å². The van der Waals surface area contributed by atoms with Crippen molar-refractivity contribution in [2.24, 2.45) is 0 Å². The molecule has 0 radical (unpaired) electrons. The maximum absolute atomic E-state index is 12.1. The minimum atomic E-state index is -0.717. The molecule has 98 valence electrons. The molecule has 1 N–H and O–H groups in total. The first-order valence-electron chi connectivity index (χ1n) is 6.23. The number of hydrogen-bond acceptors (Lipinski definition) is 3. The Balaban J connectivity index is 2.83. The minimum absolute atomic E-state index is 0.226. The maximum Gasteiger partial charge on any atom is 0.331 e. The predicted octanol–water partition coefficient (Wildman–Crippen LogP) is 3.39. The van der Waals surface area contributed by atoms with Crippen molar-refractivity contribution in [3.63, 3.8) is 0 Å². The average molecular weight is 247 g/mol. The van der Waals surface area contributed by atoms with Gasteiger partial charge in [-0.2, -0.15) is 0 Å². The normalized spacial score (nSPS) is 13.4. The minimum Gasteiger partial charge on any atom is -0.464 e. The van der Waals surface area contributed by atoms with E-state index in [1.54, 1.807) is 0 Å². The molecule has 0 aliphatic rings. The van der Waals surface area contributed by atoms with Crippen molar-refractivity contribution >= 4 is 11.7 Å². The lowest BCUT2D eigenvalue weighted by atomic mass is 9.95. The molecular formula is C15H21NO2. The molecule has 0 fully saturated rings. The largest absolute Gasteiger partial charge is 0.464 e. The standard InChI is InChI=1S/C15H21NO2/c1-4-6-12-15(3,14(17)18-5-2)16-13-10-8-7-9-11-13/h4,7-11,16H,1,5-6,12H2,2-3H3. The Morgan fingerprint density at radius 3 is 2.67 bits per heavy atom. The van der Waals surface area contributed by atoms with Gasteiger partial charge in [0.1, 0.15) is 5.54 Å². The molecule has 3 heteroatoms. The van der Waals surface area contributed by atoms with Crippen LogP contribution in [0.5, 0.6) is 0 Å². The zero-order chi connectivity index (χ0) is 13.4. The van der Waals surface area contributed by atoms with Crippen LogP contribution in [0.25, 0.3) is 0 Å². The van der Waals surface area contributed by atoms with E-state index in [0.717, 1.165) is 12.1 Å². The molecule has 1 aromatic carbocycles. The quantitative estimate of drug-likeness (QED) is 0.593. The monoisotopic (exact) mass is 247 g/mol. The Hall–Kier alpha value is -1.77. The van der Waals surface area contributed by atoms with Crippen molar-refractivity contribution in [1.29, 1.82) is 0 Å². The van der Waals surface area contributed by atoms with Crippen LogP contribution in [-0.2, 0) is 9.53 Å². The number of hydrogen-bond donors (Lipinski definition) is 1. The number of anilines is 1. The van der Waals surface area contributed by atoms with E-state index >= 15 is 0 Å². The van der Waals surface area contributed by atoms with E-state index in [-0.39, 0.29) is 5.97 Å². The summed E-state index contributed by atoms with van der Waals surface area (Å²) < 4.78 is 5.14. The summed E-state index contributed by atoms with van der Waals surface area (Å²) in [5.41, 5.74) is 0.197.